The Morgan fingerprint density at radius 2 is 1.71 bits per heavy atom. The van der Waals surface area contributed by atoms with Gasteiger partial charge in [0.25, 0.3) is 0 Å². The maximum absolute atomic E-state index is 12.1. The van der Waals surface area contributed by atoms with Gasteiger partial charge in [0.15, 0.2) is 5.82 Å². The van der Waals surface area contributed by atoms with E-state index < -0.39 is 10.8 Å². The lowest BCUT2D eigenvalue weighted by atomic mass is 10.3. The second kappa shape index (κ2) is 7.95. The summed E-state index contributed by atoms with van der Waals surface area (Å²) in [6, 6.07) is 17.1. The highest BCUT2D eigenvalue weighted by atomic mass is 32.2. The van der Waals surface area contributed by atoms with Crippen molar-refractivity contribution in [2.24, 2.45) is 0 Å². The molecule has 0 aliphatic carbocycles. The Hall–Kier alpha value is -2.97. The van der Waals surface area contributed by atoms with Crippen molar-refractivity contribution < 1.29 is 8.95 Å². The number of hydrogen-bond donors (Lipinski definition) is 2. The number of hydrogen-bond acceptors (Lipinski definition) is 7. The van der Waals surface area contributed by atoms with Gasteiger partial charge in [-0.25, -0.2) is 4.98 Å². The van der Waals surface area contributed by atoms with E-state index >= 15 is 0 Å². The van der Waals surface area contributed by atoms with Gasteiger partial charge in [0.05, 0.1) is 44.4 Å². The van der Waals surface area contributed by atoms with Crippen molar-refractivity contribution in [2.75, 3.05) is 24.0 Å². The molecule has 0 fully saturated rings. The minimum absolute atomic E-state index is 0.452. The molecular weight excluding hydrogens is 392 g/mol. The van der Waals surface area contributed by atoms with Gasteiger partial charge >= 0.3 is 0 Å². The van der Waals surface area contributed by atoms with Crippen LogP contribution in [0, 0.1) is 0 Å². The molecule has 4 aromatic rings. The minimum Gasteiger partial charge on any atom is -0.495 e. The lowest BCUT2D eigenvalue weighted by Gasteiger charge is -2.13. The number of ether oxygens (including phenoxy) is 1. The van der Waals surface area contributed by atoms with E-state index in [0.717, 1.165) is 26.5 Å². The predicted molar refractivity (Wildman–Crippen MR) is 116 cm³/mol. The summed E-state index contributed by atoms with van der Waals surface area (Å²) in [6.07, 6.45) is 1.66. The number of anilines is 4. The first-order valence-corrected chi connectivity index (χ1v) is 10.9. The monoisotopic (exact) mass is 410 g/mol. The number of para-hydroxylation sites is 3. The molecule has 0 bridgehead atoms. The molecule has 2 N–H and O–H groups in total. The highest BCUT2D eigenvalue weighted by Gasteiger charge is 2.13. The lowest BCUT2D eigenvalue weighted by molar-refractivity contribution is 0.417. The van der Waals surface area contributed by atoms with Crippen LogP contribution in [0.15, 0.2) is 64.9 Å². The van der Waals surface area contributed by atoms with Gasteiger partial charge in [-0.2, -0.15) is 4.98 Å². The molecule has 0 saturated carbocycles. The van der Waals surface area contributed by atoms with E-state index in [9.17, 15) is 4.21 Å². The lowest BCUT2D eigenvalue weighted by Crippen LogP contribution is -2.03. The molecule has 0 spiro atoms. The standard InChI is InChI=1S/C20H18N4O2S2/c1-26-16-9-5-3-7-13(16)22-20-23-15-11-12-27-18(15)19(24-20)21-14-8-4-6-10-17(14)28(2)25/h3-12H,1-2H3,(H2,21,22,23,24). The molecule has 1 unspecified atom stereocenters. The normalized spacial score (nSPS) is 11.9. The van der Waals surface area contributed by atoms with Crippen molar-refractivity contribution >= 4 is 55.5 Å². The van der Waals surface area contributed by atoms with Crippen molar-refractivity contribution in [1.82, 2.24) is 9.97 Å². The van der Waals surface area contributed by atoms with Crippen LogP contribution in [0.2, 0.25) is 0 Å². The maximum Gasteiger partial charge on any atom is 0.229 e. The average molecular weight is 411 g/mol. The number of thiophene rings is 1. The zero-order valence-electron chi connectivity index (χ0n) is 15.3. The van der Waals surface area contributed by atoms with Crippen molar-refractivity contribution in [2.45, 2.75) is 4.90 Å². The van der Waals surface area contributed by atoms with Crippen LogP contribution >= 0.6 is 11.3 Å². The summed E-state index contributed by atoms with van der Waals surface area (Å²) in [5, 5.41) is 8.53. The first-order chi connectivity index (χ1) is 13.7. The highest BCUT2D eigenvalue weighted by Crippen LogP contribution is 2.33. The van der Waals surface area contributed by atoms with Crippen LogP contribution in [-0.4, -0.2) is 27.5 Å². The number of aromatic nitrogens is 2. The summed E-state index contributed by atoms with van der Waals surface area (Å²) >= 11 is 1.55. The molecule has 0 saturated heterocycles. The highest BCUT2D eigenvalue weighted by molar-refractivity contribution is 7.84. The van der Waals surface area contributed by atoms with Gasteiger partial charge in [0, 0.05) is 6.26 Å². The largest absolute Gasteiger partial charge is 0.495 e. The van der Waals surface area contributed by atoms with Crippen molar-refractivity contribution in [3.8, 4) is 5.75 Å². The van der Waals surface area contributed by atoms with Crippen LogP contribution in [0.5, 0.6) is 5.75 Å². The summed E-state index contributed by atoms with van der Waals surface area (Å²) in [6.45, 7) is 0. The second-order valence-corrected chi connectivity index (χ2v) is 8.20. The van der Waals surface area contributed by atoms with E-state index in [4.69, 9.17) is 4.74 Å². The zero-order valence-corrected chi connectivity index (χ0v) is 16.9. The van der Waals surface area contributed by atoms with E-state index in [2.05, 4.69) is 20.6 Å². The number of benzene rings is 2. The Balaban J connectivity index is 1.75. The quantitative estimate of drug-likeness (QED) is 0.470. The minimum atomic E-state index is -1.11. The molecule has 0 aliphatic heterocycles. The molecule has 0 amide bonds. The Labute approximate surface area is 169 Å². The molecule has 28 heavy (non-hydrogen) atoms. The Bertz CT molecular complexity index is 1160. The fraction of sp³-hybridized carbons (Fsp3) is 0.100. The molecule has 8 heteroatoms. The molecule has 2 heterocycles. The summed E-state index contributed by atoms with van der Waals surface area (Å²) in [7, 11) is 0.509. The van der Waals surface area contributed by atoms with E-state index in [1.54, 1.807) is 24.7 Å². The third-order valence-electron chi connectivity index (χ3n) is 4.11. The summed E-state index contributed by atoms with van der Waals surface area (Å²) in [5.41, 5.74) is 2.37. The van der Waals surface area contributed by atoms with Gasteiger partial charge < -0.3 is 15.4 Å². The van der Waals surface area contributed by atoms with Gasteiger partial charge in [-0.05, 0) is 35.7 Å². The summed E-state index contributed by atoms with van der Waals surface area (Å²) < 4.78 is 18.4. The average Bonchev–Trinajstić information content (AvgIpc) is 3.17. The van der Waals surface area contributed by atoms with E-state index in [1.165, 1.54) is 0 Å². The number of fused-ring (bicyclic) bond motifs is 1. The topological polar surface area (TPSA) is 76.1 Å². The Kier molecular flexibility index (Phi) is 5.23. The Morgan fingerprint density at radius 1 is 0.964 bits per heavy atom. The van der Waals surface area contributed by atoms with Crippen LogP contribution in [0.25, 0.3) is 10.2 Å². The molecule has 0 aliphatic rings. The summed E-state index contributed by atoms with van der Waals surface area (Å²) in [4.78, 5) is 9.99. The number of rotatable bonds is 6. The van der Waals surface area contributed by atoms with E-state index in [1.807, 2.05) is 60.0 Å². The van der Waals surface area contributed by atoms with Crippen molar-refractivity contribution in [1.29, 1.82) is 0 Å². The van der Waals surface area contributed by atoms with Crippen LogP contribution in [-0.2, 0) is 10.8 Å². The zero-order chi connectivity index (χ0) is 19.5. The Morgan fingerprint density at radius 3 is 2.50 bits per heavy atom. The predicted octanol–water partition coefficient (Wildman–Crippen LogP) is 4.92. The third kappa shape index (κ3) is 3.69. The van der Waals surface area contributed by atoms with Crippen LogP contribution in [0.3, 0.4) is 0 Å². The SMILES string of the molecule is COc1ccccc1Nc1nc(Nc2ccccc2S(C)=O)c2sccc2n1. The van der Waals surface area contributed by atoms with Crippen molar-refractivity contribution in [3.05, 3.63) is 60.0 Å². The van der Waals surface area contributed by atoms with Crippen LogP contribution < -0.4 is 15.4 Å². The number of nitrogens with one attached hydrogen (secondary N) is 2. The number of methoxy groups -OCH3 is 1. The smallest absolute Gasteiger partial charge is 0.229 e. The molecule has 1 atom stereocenters. The maximum atomic E-state index is 12.1. The second-order valence-electron chi connectivity index (χ2n) is 5.93. The van der Waals surface area contributed by atoms with Gasteiger partial charge in [-0.15, -0.1) is 11.3 Å². The van der Waals surface area contributed by atoms with Gasteiger partial charge in [0.2, 0.25) is 5.95 Å². The first-order valence-electron chi connectivity index (χ1n) is 8.50. The first kappa shape index (κ1) is 18.4. The molecule has 6 nitrogen and oxygen atoms in total. The van der Waals surface area contributed by atoms with E-state index in [-0.39, 0.29) is 0 Å². The number of nitrogens with zero attached hydrogens (tertiary/aromatic N) is 2. The molecular formula is C20H18N4O2S2. The fourth-order valence-corrected chi connectivity index (χ4v) is 4.30. The molecule has 2 aromatic carbocycles. The van der Waals surface area contributed by atoms with Gasteiger partial charge in [-0.3, -0.25) is 4.21 Å². The fourth-order valence-electron chi connectivity index (χ4n) is 2.82. The molecule has 4 rings (SSSR count). The van der Waals surface area contributed by atoms with Crippen LogP contribution in [0.1, 0.15) is 0 Å². The molecule has 0 radical (unpaired) electrons. The molecule has 142 valence electrons. The van der Waals surface area contributed by atoms with Gasteiger partial charge in [0.1, 0.15) is 5.75 Å². The third-order valence-corrected chi connectivity index (χ3v) is 5.99. The van der Waals surface area contributed by atoms with Crippen molar-refractivity contribution in [3.63, 3.8) is 0 Å². The van der Waals surface area contributed by atoms with Gasteiger partial charge in [-0.1, -0.05) is 24.3 Å². The molecule has 2 aromatic heterocycles. The van der Waals surface area contributed by atoms with E-state index in [0.29, 0.717) is 17.5 Å². The summed E-state index contributed by atoms with van der Waals surface area (Å²) in [5.74, 6) is 1.82. The van der Waals surface area contributed by atoms with Crippen LogP contribution in [0.4, 0.5) is 23.1 Å².